The van der Waals surface area contributed by atoms with Gasteiger partial charge in [0.25, 0.3) is 0 Å². The van der Waals surface area contributed by atoms with Crippen molar-refractivity contribution in [2.75, 3.05) is 0 Å². The second kappa shape index (κ2) is 4.29. The van der Waals surface area contributed by atoms with Crippen LogP contribution in [0.4, 0.5) is 26.3 Å². The third-order valence-corrected chi connectivity index (χ3v) is 2.34. The number of para-hydroxylation sites is 1. The molecule has 0 atom stereocenters. The quantitative estimate of drug-likeness (QED) is 0.724. The molecule has 0 radical (unpaired) electrons. The molecular weight excluding hydrogens is 274 g/mol. The van der Waals surface area contributed by atoms with E-state index in [1.165, 1.54) is 6.07 Å². The summed E-state index contributed by atoms with van der Waals surface area (Å²) in [5.41, 5.74) is -2.75. The average Bonchev–Trinajstić information content (AvgIpc) is 2.76. The Balaban J connectivity index is 2.52. The lowest BCUT2D eigenvalue weighted by Crippen LogP contribution is -2.12. The monoisotopic (exact) mass is 280 g/mol. The summed E-state index contributed by atoms with van der Waals surface area (Å²) in [5, 5.41) is 3.12. The van der Waals surface area contributed by atoms with Gasteiger partial charge in [-0.15, -0.1) is 0 Å². The molecule has 0 aliphatic rings. The van der Waals surface area contributed by atoms with E-state index >= 15 is 0 Å². The van der Waals surface area contributed by atoms with Crippen molar-refractivity contribution >= 4 is 0 Å². The summed E-state index contributed by atoms with van der Waals surface area (Å²) in [6.45, 7) is 0. The van der Waals surface area contributed by atoms with Crippen molar-refractivity contribution in [3.8, 4) is 5.69 Å². The van der Waals surface area contributed by atoms with Crippen molar-refractivity contribution in [3.63, 3.8) is 0 Å². The third-order valence-electron chi connectivity index (χ3n) is 2.34. The van der Waals surface area contributed by atoms with Crippen LogP contribution in [0, 0.1) is 0 Å². The summed E-state index contributed by atoms with van der Waals surface area (Å²) < 4.78 is 75.8. The SMILES string of the molecule is FC(F)(F)c1ccn(-c2ccccc2C(F)(F)F)n1. The normalized spacial score (nSPS) is 12.7. The fraction of sp³-hybridized carbons (Fsp3) is 0.182. The number of alkyl halides is 6. The molecule has 2 rings (SSSR count). The number of hydrogen-bond donors (Lipinski definition) is 0. The minimum Gasteiger partial charge on any atom is -0.240 e. The lowest BCUT2D eigenvalue weighted by atomic mass is 10.2. The van der Waals surface area contributed by atoms with E-state index in [4.69, 9.17) is 0 Å². The highest BCUT2D eigenvalue weighted by molar-refractivity contribution is 5.42. The van der Waals surface area contributed by atoms with Crippen LogP contribution in [0.15, 0.2) is 36.5 Å². The molecule has 0 aliphatic carbocycles. The van der Waals surface area contributed by atoms with E-state index in [2.05, 4.69) is 5.10 Å². The third kappa shape index (κ3) is 2.72. The van der Waals surface area contributed by atoms with Crippen LogP contribution >= 0.6 is 0 Å². The van der Waals surface area contributed by atoms with Crippen LogP contribution in [0.2, 0.25) is 0 Å². The minimum absolute atomic E-state index is 0.453. The summed E-state index contributed by atoms with van der Waals surface area (Å²) in [6, 6.07) is 4.90. The smallest absolute Gasteiger partial charge is 0.240 e. The van der Waals surface area contributed by atoms with Crippen molar-refractivity contribution in [2.24, 2.45) is 0 Å². The zero-order chi connectivity index (χ0) is 14.3. The zero-order valence-corrected chi connectivity index (χ0v) is 9.13. The molecule has 19 heavy (non-hydrogen) atoms. The van der Waals surface area contributed by atoms with Gasteiger partial charge in [-0.1, -0.05) is 12.1 Å². The second-order valence-corrected chi connectivity index (χ2v) is 3.66. The molecule has 0 saturated heterocycles. The van der Waals surface area contributed by atoms with Crippen LogP contribution in [-0.4, -0.2) is 9.78 Å². The standard InChI is InChI=1S/C11H6F6N2/c12-10(13,14)7-3-1-2-4-8(7)19-6-5-9(18-19)11(15,16)17/h1-6H. The Morgan fingerprint density at radius 1 is 0.842 bits per heavy atom. The topological polar surface area (TPSA) is 17.8 Å². The Hall–Kier alpha value is -1.99. The molecule has 1 aromatic heterocycles. The highest BCUT2D eigenvalue weighted by Crippen LogP contribution is 2.34. The molecule has 1 heterocycles. The Bertz CT molecular complexity index is 581. The van der Waals surface area contributed by atoms with Gasteiger partial charge in [0, 0.05) is 6.20 Å². The van der Waals surface area contributed by atoms with Crippen LogP contribution < -0.4 is 0 Å². The van der Waals surface area contributed by atoms with E-state index < -0.39 is 29.3 Å². The maximum absolute atomic E-state index is 12.7. The Labute approximate surface area is 103 Å². The first kappa shape index (κ1) is 13.4. The van der Waals surface area contributed by atoms with Gasteiger partial charge in [0.1, 0.15) is 0 Å². The van der Waals surface area contributed by atoms with Crippen LogP contribution in [0.5, 0.6) is 0 Å². The zero-order valence-electron chi connectivity index (χ0n) is 9.13. The number of benzene rings is 1. The van der Waals surface area contributed by atoms with Gasteiger partial charge in [-0.25, -0.2) is 4.68 Å². The van der Waals surface area contributed by atoms with E-state index in [1.807, 2.05) is 0 Å². The van der Waals surface area contributed by atoms with Gasteiger partial charge in [-0.2, -0.15) is 31.4 Å². The van der Waals surface area contributed by atoms with Crippen molar-refractivity contribution in [2.45, 2.75) is 12.4 Å². The summed E-state index contributed by atoms with van der Waals surface area (Å²) in [7, 11) is 0. The molecule has 0 amide bonds. The van der Waals surface area contributed by atoms with E-state index in [-0.39, 0.29) is 0 Å². The van der Waals surface area contributed by atoms with Crippen LogP contribution in [0.25, 0.3) is 5.69 Å². The number of rotatable bonds is 1. The first-order valence-electron chi connectivity index (χ1n) is 4.99. The lowest BCUT2D eigenvalue weighted by molar-refractivity contribution is -0.141. The predicted molar refractivity (Wildman–Crippen MR) is 53.6 cm³/mol. The summed E-state index contributed by atoms with van der Waals surface area (Å²) in [5.74, 6) is 0. The molecule has 2 nitrogen and oxygen atoms in total. The van der Waals surface area contributed by atoms with Gasteiger partial charge in [-0.05, 0) is 18.2 Å². The first-order valence-corrected chi connectivity index (χ1v) is 4.99. The molecule has 1 aromatic carbocycles. The maximum atomic E-state index is 12.7. The van der Waals surface area contributed by atoms with E-state index in [0.29, 0.717) is 10.7 Å². The van der Waals surface area contributed by atoms with E-state index in [9.17, 15) is 26.3 Å². The van der Waals surface area contributed by atoms with Crippen LogP contribution in [0.1, 0.15) is 11.3 Å². The fourth-order valence-corrected chi connectivity index (χ4v) is 1.52. The predicted octanol–water partition coefficient (Wildman–Crippen LogP) is 3.91. The number of nitrogens with zero attached hydrogens (tertiary/aromatic N) is 2. The van der Waals surface area contributed by atoms with Crippen LogP contribution in [-0.2, 0) is 12.4 Å². The number of aromatic nitrogens is 2. The van der Waals surface area contributed by atoms with Gasteiger partial charge in [-0.3, -0.25) is 0 Å². The van der Waals surface area contributed by atoms with Crippen LogP contribution in [0.3, 0.4) is 0 Å². The molecular formula is C11H6F6N2. The molecule has 0 N–H and O–H groups in total. The largest absolute Gasteiger partial charge is 0.435 e. The molecule has 0 bridgehead atoms. The fourth-order valence-electron chi connectivity index (χ4n) is 1.52. The van der Waals surface area contributed by atoms with Crippen molar-refractivity contribution in [3.05, 3.63) is 47.8 Å². The van der Waals surface area contributed by atoms with Crippen molar-refractivity contribution in [1.29, 1.82) is 0 Å². The molecule has 2 aromatic rings. The molecule has 0 unspecified atom stereocenters. The molecule has 102 valence electrons. The molecule has 0 spiro atoms. The van der Waals surface area contributed by atoms with Gasteiger partial charge >= 0.3 is 12.4 Å². The van der Waals surface area contributed by atoms with Crippen molar-refractivity contribution in [1.82, 2.24) is 9.78 Å². The summed E-state index contributed by atoms with van der Waals surface area (Å²) >= 11 is 0. The maximum Gasteiger partial charge on any atom is 0.435 e. The summed E-state index contributed by atoms with van der Waals surface area (Å²) in [6.07, 6.45) is -8.52. The highest BCUT2D eigenvalue weighted by Gasteiger charge is 2.36. The van der Waals surface area contributed by atoms with Crippen molar-refractivity contribution < 1.29 is 26.3 Å². The Morgan fingerprint density at radius 2 is 1.47 bits per heavy atom. The van der Waals surface area contributed by atoms with Gasteiger partial charge in [0.05, 0.1) is 11.3 Å². The summed E-state index contributed by atoms with van der Waals surface area (Å²) in [4.78, 5) is 0. The second-order valence-electron chi connectivity index (χ2n) is 3.66. The average molecular weight is 280 g/mol. The molecule has 0 aliphatic heterocycles. The minimum atomic E-state index is -4.70. The number of hydrogen-bond acceptors (Lipinski definition) is 1. The first-order chi connectivity index (χ1) is 8.69. The highest BCUT2D eigenvalue weighted by atomic mass is 19.4. The number of halogens is 6. The Morgan fingerprint density at radius 3 is 2.00 bits per heavy atom. The van der Waals surface area contributed by atoms with Gasteiger partial charge in [0.15, 0.2) is 5.69 Å². The van der Waals surface area contributed by atoms with Gasteiger partial charge < -0.3 is 0 Å². The molecule has 0 fully saturated rings. The lowest BCUT2D eigenvalue weighted by Gasteiger charge is -2.12. The van der Waals surface area contributed by atoms with Gasteiger partial charge in [0.2, 0.25) is 0 Å². The Kier molecular flexibility index (Phi) is 3.03. The molecule has 0 saturated carbocycles. The molecule has 8 heteroatoms. The van der Waals surface area contributed by atoms with E-state index in [1.54, 1.807) is 0 Å². The van der Waals surface area contributed by atoms with E-state index in [0.717, 1.165) is 24.4 Å².